The molecule has 0 saturated carbocycles. The summed E-state index contributed by atoms with van der Waals surface area (Å²) in [6.07, 6.45) is 5.59. The van der Waals surface area contributed by atoms with Crippen molar-refractivity contribution in [3.63, 3.8) is 0 Å². The van der Waals surface area contributed by atoms with Gasteiger partial charge in [0.2, 0.25) is 5.91 Å². The molecule has 0 atom stereocenters. The van der Waals surface area contributed by atoms with E-state index < -0.39 is 0 Å². The summed E-state index contributed by atoms with van der Waals surface area (Å²) in [5.41, 5.74) is 2.20. The van der Waals surface area contributed by atoms with Crippen LogP contribution in [0.25, 0.3) is 5.69 Å². The van der Waals surface area contributed by atoms with Gasteiger partial charge in [0.1, 0.15) is 11.5 Å². The third kappa shape index (κ3) is 5.87. The third-order valence-electron chi connectivity index (χ3n) is 4.32. The topological polar surface area (TPSA) is 65.4 Å². The van der Waals surface area contributed by atoms with Crippen molar-refractivity contribution in [3.05, 3.63) is 72.6 Å². The summed E-state index contributed by atoms with van der Waals surface area (Å²) in [6.45, 7) is 1.13. The number of carbonyl (C=O) groups excluding carboxylic acids is 1. The third-order valence-corrected chi connectivity index (χ3v) is 4.32. The molecule has 0 aliphatic carbocycles. The molecule has 3 rings (SSSR count). The fraction of sp³-hybridized carbons (Fsp3) is 0.273. The standard InChI is InChI=1S/C22H25N3O3/c1-27-20-9-11-21(12-10-20)28-17-2-4-22(26)23-15-13-18-5-7-19(8-6-18)25-16-3-14-24-25/h3,5-12,14,16H,2,4,13,15,17H2,1H3,(H,23,26). The van der Waals surface area contributed by atoms with Crippen LogP contribution < -0.4 is 14.8 Å². The second-order valence-electron chi connectivity index (χ2n) is 6.34. The van der Waals surface area contributed by atoms with Crippen LogP contribution in [-0.2, 0) is 11.2 Å². The number of ether oxygens (including phenoxy) is 2. The Labute approximate surface area is 165 Å². The lowest BCUT2D eigenvalue weighted by Gasteiger charge is -2.08. The summed E-state index contributed by atoms with van der Waals surface area (Å²) in [7, 11) is 1.63. The molecule has 2 aromatic carbocycles. The van der Waals surface area contributed by atoms with Gasteiger partial charge in [-0.3, -0.25) is 4.79 Å². The monoisotopic (exact) mass is 379 g/mol. The molecular formula is C22H25N3O3. The lowest BCUT2D eigenvalue weighted by atomic mass is 10.1. The number of benzene rings is 2. The van der Waals surface area contributed by atoms with Crippen LogP contribution in [0.2, 0.25) is 0 Å². The first-order valence-corrected chi connectivity index (χ1v) is 9.37. The fourth-order valence-electron chi connectivity index (χ4n) is 2.77. The number of hydrogen-bond donors (Lipinski definition) is 1. The Kier molecular flexibility index (Phi) is 7.07. The molecule has 0 unspecified atom stereocenters. The Morgan fingerprint density at radius 1 is 1.07 bits per heavy atom. The molecule has 1 amide bonds. The Balaban J connectivity index is 1.30. The summed E-state index contributed by atoms with van der Waals surface area (Å²) in [6, 6.07) is 17.5. The highest BCUT2D eigenvalue weighted by Crippen LogP contribution is 2.17. The summed E-state index contributed by atoms with van der Waals surface area (Å²) in [5, 5.41) is 7.17. The molecule has 0 aliphatic rings. The quantitative estimate of drug-likeness (QED) is 0.549. The number of amides is 1. The smallest absolute Gasteiger partial charge is 0.220 e. The number of hydrogen-bond acceptors (Lipinski definition) is 4. The van der Waals surface area contributed by atoms with E-state index in [1.54, 1.807) is 13.3 Å². The maximum atomic E-state index is 11.9. The highest BCUT2D eigenvalue weighted by Gasteiger charge is 2.03. The van der Waals surface area contributed by atoms with Gasteiger partial charge < -0.3 is 14.8 Å². The molecule has 6 heteroatoms. The Bertz CT molecular complexity index is 844. The van der Waals surface area contributed by atoms with Gasteiger partial charge in [-0.25, -0.2) is 4.68 Å². The number of aromatic nitrogens is 2. The van der Waals surface area contributed by atoms with Gasteiger partial charge in [-0.2, -0.15) is 5.10 Å². The lowest BCUT2D eigenvalue weighted by molar-refractivity contribution is -0.121. The fourth-order valence-corrected chi connectivity index (χ4v) is 2.77. The Morgan fingerprint density at radius 2 is 1.82 bits per heavy atom. The molecule has 1 heterocycles. The molecule has 28 heavy (non-hydrogen) atoms. The minimum atomic E-state index is 0.0477. The first kappa shape index (κ1) is 19.5. The van der Waals surface area contributed by atoms with Crippen LogP contribution in [0.3, 0.4) is 0 Å². The van der Waals surface area contributed by atoms with Gasteiger partial charge in [0.25, 0.3) is 0 Å². The van der Waals surface area contributed by atoms with E-state index in [2.05, 4.69) is 22.5 Å². The highest BCUT2D eigenvalue weighted by molar-refractivity contribution is 5.75. The summed E-state index contributed by atoms with van der Waals surface area (Å²) in [4.78, 5) is 11.9. The largest absolute Gasteiger partial charge is 0.497 e. The molecule has 1 N–H and O–H groups in total. The van der Waals surface area contributed by atoms with E-state index in [4.69, 9.17) is 9.47 Å². The van der Waals surface area contributed by atoms with E-state index in [1.807, 2.05) is 53.3 Å². The number of carbonyl (C=O) groups is 1. The van der Waals surface area contributed by atoms with Crippen molar-refractivity contribution in [1.82, 2.24) is 15.1 Å². The first-order valence-electron chi connectivity index (χ1n) is 9.37. The Morgan fingerprint density at radius 3 is 2.50 bits per heavy atom. The van der Waals surface area contributed by atoms with Crippen LogP contribution in [-0.4, -0.2) is 35.9 Å². The van der Waals surface area contributed by atoms with E-state index >= 15 is 0 Å². The van der Waals surface area contributed by atoms with E-state index in [0.717, 1.165) is 23.6 Å². The molecule has 146 valence electrons. The first-order chi connectivity index (χ1) is 13.7. The molecule has 0 radical (unpaired) electrons. The Hall–Kier alpha value is -3.28. The second-order valence-corrected chi connectivity index (χ2v) is 6.34. The van der Waals surface area contributed by atoms with Crippen molar-refractivity contribution < 1.29 is 14.3 Å². The maximum absolute atomic E-state index is 11.9. The molecule has 0 bridgehead atoms. The van der Waals surface area contributed by atoms with Crippen LogP contribution in [0.1, 0.15) is 18.4 Å². The van der Waals surface area contributed by atoms with Gasteiger partial charge in [0.05, 0.1) is 19.4 Å². The normalized spacial score (nSPS) is 10.5. The summed E-state index contributed by atoms with van der Waals surface area (Å²) >= 11 is 0. The number of nitrogens with one attached hydrogen (secondary N) is 1. The average molecular weight is 379 g/mol. The zero-order valence-electron chi connectivity index (χ0n) is 16.0. The van der Waals surface area contributed by atoms with Gasteiger partial charge >= 0.3 is 0 Å². The van der Waals surface area contributed by atoms with Gasteiger partial charge in [0, 0.05) is 25.4 Å². The van der Waals surface area contributed by atoms with Gasteiger partial charge in [-0.15, -0.1) is 0 Å². The predicted octanol–water partition coefficient (Wildman–Crippen LogP) is 3.40. The van der Waals surface area contributed by atoms with Crippen molar-refractivity contribution in [2.45, 2.75) is 19.3 Å². The van der Waals surface area contributed by atoms with E-state index in [9.17, 15) is 4.79 Å². The molecule has 0 aliphatic heterocycles. The highest BCUT2D eigenvalue weighted by atomic mass is 16.5. The van der Waals surface area contributed by atoms with E-state index in [0.29, 0.717) is 26.0 Å². The molecule has 1 aromatic heterocycles. The van der Waals surface area contributed by atoms with Crippen LogP contribution >= 0.6 is 0 Å². The van der Waals surface area contributed by atoms with Crippen LogP contribution in [0.4, 0.5) is 0 Å². The van der Waals surface area contributed by atoms with E-state index in [1.165, 1.54) is 5.56 Å². The van der Waals surface area contributed by atoms with Crippen molar-refractivity contribution >= 4 is 5.91 Å². The van der Waals surface area contributed by atoms with Crippen molar-refractivity contribution in [2.24, 2.45) is 0 Å². The minimum absolute atomic E-state index is 0.0477. The van der Waals surface area contributed by atoms with Gasteiger partial charge in [-0.1, -0.05) is 12.1 Å². The van der Waals surface area contributed by atoms with Crippen molar-refractivity contribution in [1.29, 1.82) is 0 Å². The van der Waals surface area contributed by atoms with Crippen LogP contribution in [0.15, 0.2) is 67.0 Å². The summed E-state index contributed by atoms with van der Waals surface area (Å²) < 4.78 is 12.6. The number of rotatable bonds is 10. The molecular weight excluding hydrogens is 354 g/mol. The SMILES string of the molecule is COc1ccc(OCCCC(=O)NCCc2ccc(-n3cccn3)cc2)cc1. The van der Waals surface area contributed by atoms with Crippen LogP contribution in [0.5, 0.6) is 11.5 Å². The zero-order valence-corrected chi connectivity index (χ0v) is 16.0. The number of nitrogens with zero attached hydrogens (tertiary/aromatic N) is 2. The van der Waals surface area contributed by atoms with Crippen LogP contribution in [0, 0.1) is 0 Å². The van der Waals surface area contributed by atoms with Crippen molar-refractivity contribution in [3.8, 4) is 17.2 Å². The van der Waals surface area contributed by atoms with Crippen molar-refractivity contribution in [2.75, 3.05) is 20.3 Å². The van der Waals surface area contributed by atoms with Gasteiger partial charge in [-0.05, 0) is 60.9 Å². The zero-order chi connectivity index (χ0) is 19.6. The predicted molar refractivity (Wildman–Crippen MR) is 108 cm³/mol. The minimum Gasteiger partial charge on any atom is -0.497 e. The molecule has 6 nitrogen and oxygen atoms in total. The molecule has 0 fully saturated rings. The van der Waals surface area contributed by atoms with E-state index in [-0.39, 0.29) is 5.91 Å². The summed E-state index contributed by atoms with van der Waals surface area (Å²) in [5.74, 6) is 1.62. The lowest BCUT2D eigenvalue weighted by Crippen LogP contribution is -2.25. The average Bonchev–Trinajstić information content (AvgIpc) is 3.27. The second kappa shape index (κ2) is 10.2. The molecule has 0 spiro atoms. The molecule has 0 saturated heterocycles. The maximum Gasteiger partial charge on any atom is 0.220 e. The number of methoxy groups -OCH3 is 1. The molecule has 3 aromatic rings. The van der Waals surface area contributed by atoms with Gasteiger partial charge in [0.15, 0.2) is 0 Å².